The van der Waals surface area contributed by atoms with Crippen LogP contribution in [-0.4, -0.2) is 6.16 Å². The average molecular weight is 438 g/mol. The van der Waals surface area contributed by atoms with E-state index in [-0.39, 0.29) is 6.10 Å². The van der Waals surface area contributed by atoms with Gasteiger partial charge in [-0.15, -0.1) is 0 Å². The zero-order chi connectivity index (χ0) is 22.3. The molecule has 2 atom stereocenters. The van der Waals surface area contributed by atoms with Crippen LogP contribution >= 0.6 is 8.58 Å². The van der Waals surface area contributed by atoms with Crippen molar-refractivity contribution in [2.24, 2.45) is 0 Å². The Morgan fingerprint density at radius 3 is 2.47 bits per heavy atom. The van der Waals surface area contributed by atoms with Gasteiger partial charge in [0.05, 0.1) is 18.2 Å². The highest BCUT2D eigenvalue weighted by molar-refractivity contribution is 7.42. The Bertz CT molecular complexity index is 1170. The van der Waals surface area contributed by atoms with Gasteiger partial charge in [0, 0.05) is 5.56 Å². The van der Waals surface area contributed by atoms with Crippen molar-refractivity contribution in [3.8, 4) is 17.2 Å². The molecule has 0 aromatic heterocycles. The minimum absolute atomic E-state index is 0.169. The van der Waals surface area contributed by atoms with Crippen LogP contribution in [0.2, 0.25) is 0 Å². The van der Waals surface area contributed by atoms with Gasteiger partial charge in [0.25, 0.3) is 0 Å². The minimum Gasteiger partial charge on any atom is -0.364 e. The van der Waals surface area contributed by atoms with E-state index in [1.807, 2.05) is 36.4 Å². The summed E-state index contributed by atoms with van der Waals surface area (Å²) >= 11 is 0. The lowest BCUT2D eigenvalue weighted by Crippen LogP contribution is -2.08. The maximum absolute atomic E-state index is 9.84. The van der Waals surface area contributed by atoms with E-state index in [0.29, 0.717) is 18.1 Å². The third kappa shape index (κ3) is 5.08. The lowest BCUT2D eigenvalue weighted by atomic mass is 9.88. The first kappa shape index (κ1) is 22.2. The van der Waals surface area contributed by atoms with Gasteiger partial charge < -0.3 is 4.74 Å². The zero-order valence-corrected chi connectivity index (χ0v) is 19.6. The summed E-state index contributed by atoms with van der Waals surface area (Å²) in [5.74, 6) is 2.67. The molecule has 2 nitrogen and oxygen atoms in total. The van der Waals surface area contributed by atoms with Gasteiger partial charge in [0.1, 0.15) is 6.10 Å². The van der Waals surface area contributed by atoms with Crippen LogP contribution in [-0.2, 0) is 11.3 Å². The molecule has 0 radical (unpaired) electrons. The molecule has 0 aliphatic carbocycles. The van der Waals surface area contributed by atoms with Gasteiger partial charge in [-0.1, -0.05) is 101 Å². The molecular weight excluding hydrogens is 409 g/mol. The standard InChI is InChI=1S/C29H28NOP/c1-21(2)26-12-6-7-13-27(26)28-17-23(14-15-24(28)18-30)29(25-11-8-16-32-20-25)31-19-22-9-4-3-5-10-22/h3-15,17,20-21,29,32H,16,19H2,1-2H3. The number of nitriles is 1. The van der Waals surface area contributed by atoms with Gasteiger partial charge in [-0.3, -0.25) is 0 Å². The van der Waals surface area contributed by atoms with E-state index < -0.39 is 0 Å². The van der Waals surface area contributed by atoms with Crippen LogP contribution < -0.4 is 0 Å². The Hall–Kier alpha value is -2.98. The first-order valence-corrected chi connectivity index (χ1v) is 12.3. The van der Waals surface area contributed by atoms with Gasteiger partial charge in [0.15, 0.2) is 0 Å². The molecule has 2 unspecified atom stereocenters. The molecule has 0 spiro atoms. The van der Waals surface area contributed by atoms with Crippen molar-refractivity contribution >= 4 is 8.58 Å². The number of allylic oxidation sites excluding steroid dienone is 1. The van der Waals surface area contributed by atoms with Gasteiger partial charge >= 0.3 is 0 Å². The van der Waals surface area contributed by atoms with E-state index in [1.54, 1.807) is 0 Å². The van der Waals surface area contributed by atoms with Crippen LogP contribution in [0.3, 0.4) is 0 Å². The molecule has 1 aliphatic heterocycles. The van der Waals surface area contributed by atoms with Gasteiger partial charge in [-0.25, -0.2) is 0 Å². The van der Waals surface area contributed by atoms with Crippen LogP contribution in [0.1, 0.15) is 48.1 Å². The Labute approximate surface area is 193 Å². The van der Waals surface area contributed by atoms with Crippen LogP contribution in [0.25, 0.3) is 11.1 Å². The topological polar surface area (TPSA) is 33.0 Å². The van der Waals surface area contributed by atoms with Crippen molar-refractivity contribution < 1.29 is 4.74 Å². The first-order valence-electron chi connectivity index (χ1n) is 11.1. The fourth-order valence-electron chi connectivity index (χ4n) is 4.08. The lowest BCUT2D eigenvalue weighted by molar-refractivity contribution is 0.0664. The average Bonchev–Trinajstić information content (AvgIpc) is 2.85. The van der Waals surface area contributed by atoms with Crippen molar-refractivity contribution in [3.63, 3.8) is 0 Å². The predicted molar refractivity (Wildman–Crippen MR) is 135 cm³/mol. The van der Waals surface area contributed by atoms with Crippen LogP contribution in [0.4, 0.5) is 0 Å². The van der Waals surface area contributed by atoms with E-state index in [0.717, 1.165) is 37.0 Å². The maximum atomic E-state index is 9.84. The zero-order valence-electron chi connectivity index (χ0n) is 18.6. The van der Waals surface area contributed by atoms with Crippen molar-refractivity contribution in [1.29, 1.82) is 5.26 Å². The number of ether oxygens (including phenoxy) is 1. The van der Waals surface area contributed by atoms with Gasteiger partial charge in [-0.05, 0) is 52.0 Å². The minimum atomic E-state index is -0.169. The van der Waals surface area contributed by atoms with E-state index in [4.69, 9.17) is 4.74 Å². The molecule has 3 aromatic carbocycles. The van der Waals surface area contributed by atoms with Gasteiger partial charge in [0.2, 0.25) is 0 Å². The van der Waals surface area contributed by atoms with Gasteiger partial charge in [-0.2, -0.15) is 5.26 Å². The summed E-state index contributed by atoms with van der Waals surface area (Å²) in [6, 6.07) is 27.2. The molecule has 4 rings (SSSR count). The third-order valence-corrected chi connectivity index (χ3v) is 6.73. The quantitative estimate of drug-likeness (QED) is 0.354. The SMILES string of the molecule is CC(C)c1ccccc1-c1cc(C(OCc2ccccc2)C2=CPCC=C2)ccc1C#N. The highest BCUT2D eigenvalue weighted by Gasteiger charge is 2.20. The normalized spacial score (nSPS) is 14.9. The summed E-state index contributed by atoms with van der Waals surface area (Å²) in [5.41, 5.74) is 7.47. The van der Waals surface area contributed by atoms with Crippen LogP contribution in [0, 0.1) is 11.3 Å². The van der Waals surface area contributed by atoms with Crippen molar-refractivity contribution in [2.45, 2.75) is 32.5 Å². The monoisotopic (exact) mass is 437 g/mol. The molecule has 0 N–H and O–H groups in total. The fraction of sp³-hybridized carbons (Fsp3) is 0.207. The number of hydrogen-bond acceptors (Lipinski definition) is 2. The van der Waals surface area contributed by atoms with Crippen LogP contribution in [0.15, 0.2) is 96.3 Å². The second kappa shape index (κ2) is 10.6. The second-order valence-corrected chi connectivity index (χ2v) is 9.40. The Kier molecular flexibility index (Phi) is 7.33. The van der Waals surface area contributed by atoms with Crippen molar-refractivity contribution in [2.75, 3.05) is 6.16 Å². The second-order valence-electron chi connectivity index (χ2n) is 8.29. The summed E-state index contributed by atoms with van der Waals surface area (Å²) in [4.78, 5) is 0. The molecule has 32 heavy (non-hydrogen) atoms. The van der Waals surface area contributed by atoms with Crippen LogP contribution in [0.5, 0.6) is 0 Å². The molecule has 1 aliphatic rings. The summed E-state index contributed by atoms with van der Waals surface area (Å²) in [5, 5.41) is 9.84. The van der Waals surface area contributed by atoms with E-state index in [2.05, 4.69) is 74.3 Å². The summed E-state index contributed by atoms with van der Waals surface area (Å²) in [7, 11) is 0.772. The molecule has 0 fully saturated rings. The number of nitrogens with zero attached hydrogens (tertiary/aromatic N) is 1. The largest absolute Gasteiger partial charge is 0.364 e. The van der Waals surface area contributed by atoms with E-state index >= 15 is 0 Å². The molecule has 3 heteroatoms. The molecule has 0 saturated heterocycles. The van der Waals surface area contributed by atoms with E-state index in [1.165, 1.54) is 11.1 Å². The fourth-order valence-corrected chi connectivity index (χ4v) is 4.94. The maximum Gasteiger partial charge on any atom is 0.108 e. The molecule has 3 aromatic rings. The van der Waals surface area contributed by atoms with Crippen molar-refractivity contribution in [1.82, 2.24) is 0 Å². The molecule has 1 heterocycles. The molecule has 0 amide bonds. The number of hydrogen-bond donors (Lipinski definition) is 0. The lowest BCUT2D eigenvalue weighted by Gasteiger charge is -2.23. The Balaban J connectivity index is 1.76. The number of benzene rings is 3. The highest BCUT2D eigenvalue weighted by Crippen LogP contribution is 2.38. The Morgan fingerprint density at radius 2 is 1.75 bits per heavy atom. The summed E-state index contributed by atoms with van der Waals surface area (Å²) in [6.07, 6.45) is 5.34. The smallest absolute Gasteiger partial charge is 0.108 e. The van der Waals surface area contributed by atoms with Crippen molar-refractivity contribution in [3.05, 3.63) is 119 Å². The number of rotatable bonds is 7. The first-order chi connectivity index (χ1) is 15.7. The molecular formula is C29H28NOP. The molecule has 0 bridgehead atoms. The molecule has 160 valence electrons. The summed E-state index contributed by atoms with van der Waals surface area (Å²) < 4.78 is 6.50. The molecule has 0 saturated carbocycles. The third-order valence-electron chi connectivity index (χ3n) is 5.72. The predicted octanol–water partition coefficient (Wildman–Crippen LogP) is 7.74. The Morgan fingerprint density at radius 1 is 0.969 bits per heavy atom. The van der Waals surface area contributed by atoms with E-state index in [9.17, 15) is 5.26 Å². The summed E-state index contributed by atoms with van der Waals surface area (Å²) in [6.45, 7) is 4.93. The highest BCUT2D eigenvalue weighted by atomic mass is 31.1.